The van der Waals surface area contributed by atoms with Crippen LogP contribution >= 0.6 is 11.6 Å². The monoisotopic (exact) mass is 534 g/mol. The van der Waals surface area contributed by atoms with E-state index >= 15 is 0 Å². The Morgan fingerprint density at radius 1 is 0.972 bits per heavy atom. The van der Waals surface area contributed by atoms with E-state index in [0.717, 1.165) is 33.2 Å². The first-order valence-electron chi connectivity index (χ1n) is 11.5. The van der Waals surface area contributed by atoms with E-state index in [2.05, 4.69) is 0 Å². The molecule has 2 aromatic rings. The number of imide groups is 1. The van der Waals surface area contributed by atoms with Crippen molar-refractivity contribution in [2.45, 2.75) is 45.1 Å². The Labute approximate surface area is 214 Å². The van der Waals surface area contributed by atoms with Crippen molar-refractivity contribution in [2.75, 3.05) is 31.1 Å². The zero-order valence-electron chi connectivity index (χ0n) is 20.4. The fourth-order valence-electron chi connectivity index (χ4n) is 4.89. The van der Waals surface area contributed by atoms with Gasteiger partial charge in [0.15, 0.2) is 0 Å². The molecular weight excluding hydrogens is 508 g/mol. The zero-order chi connectivity index (χ0) is 26.5. The number of carbonyl (C=O) groups is 2. The predicted octanol–water partition coefficient (Wildman–Crippen LogP) is 3.12. The summed E-state index contributed by atoms with van der Waals surface area (Å²) in [6.07, 6.45) is -0.111. The molecule has 0 spiro atoms. The maximum atomic E-state index is 13.5. The lowest BCUT2D eigenvalue weighted by Gasteiger charge is -2.36. The fraction of sp³-hybridized carbons (Fsp3) is 0.417. The van der Waals surface area contributed by atoms with Crippen molar-refractivity contribution in [3.05, 3.63) is 61.7 Å². The molecule has 0 aromatic heterocycles. The van der Waals surface area contributed by atoms with Crippen LogP contribution in [-0.4, -0.2) is 66.6 Å². The summed E-state index contributed by atoms with van der Waals surface area (Å²) < 4.78 is 28.5. The fourth-order valence-corrected chi connectivity index (χ4v) is 7.09. The third-order valence-electron chi connectivity index (χ3n) is 7.11. The first-order valence-corrected chi connectivity index (χ1v) is 13.3. The quantitative estimate of drug-likeness (QED) is 0.328. The molecule has 2 aromatic carbocycles. The second-order valence-electron chi connectivity index (χ2n) is 9.21. The average molecular weight is 535 g/mol. The van der Waals surface area contributed by atoms with Gasteiger partial charge in [-0.3, -0.25) is 24.6 Å². The lowest BCUT2D eigenvalue weighted by atomic mass is 10.0. The molecule has 4 rings (SSSR count). The van der Waals surface area contributed by atoms with Gasteiger partial charge < -0.3 is 0 Å². The van der Waals surface area contributed by atoms with Crippen LogP contribution in [0.4, 0.5) is 11.4 Å². The number of benzene rings is 2. The second-order valence-corrected chi connectivity index (χ2v) is 11.5. The minimum atomic E-state index is -3.75. The van der Waals surface area contributed by atoms with E-state index in [1.807, 2.05) is 19.9 Å². The van der Waals surface area contributed by atoms with Crippen LogP contribution in [0.3, 0.4) is 0 Å². The van der Waals surface area contributed by atoms with Crippen LogP contribution < -0.4 is 4.90 Å². The minimum Gasteiger partial charge on any atom is -0.289 e. The minimum absolute atomic E-state index is 0.0228. The number of aryl methyl sites for hydroxylation is 2. The SMILES string of the molecule is Cc1cc(C)c(C)c(S(=O)(=O)N2CCN([C@@H]3CC(=O)N(c4cc([N+](=O)[O-])ccc4Cl)C3=O)CC2)c1C. The highest BCUT2D eigenvalue weighted by molar-refractivity contribution is 7.89. The topological polar surface area (TPSA) is 121 Å². The Bertz CT molecular complexity index is 1360. The van der Waals surface area contributed by atoms with Gasteiger partial charge in [0.05, 0.1) is 33.0 Å². The van der Waals surface area contributed by atoms with Crippen molar-refractivity contribution in [3.63, 3.8) is 0 Å². The molecule has 1 atom stereocenters. The number of anilines is 1. The number of hydrogen-bond acceptors (Lipinski definition) is 7. The number of nitro benzene ring substituents is 1. The number of hydrogen-bond donors (Lipinski definition) is 0. The molecule has 0 aliphatic carbocycles. The van der Waals surface area contributed by atoms with Crippen molar-refractivity contribution < 1.29 is 22.9 Å². The van der Waals surface area contributed by atoms with E-state index in [1.54, 1.807) is 18.7 Å². The van der Waals surface area contributed by atoms with E-state index < -0.39 is 32.8 Å². The van der Waals surface area contributed by atoms with E-state index in [4.69, 9.17) is 11.6 Å². The molecular formula is C24H27ClN4O6S. The molecule has 2 saturated heterocycles. The van der Waals surface area contributed by atoms with Gasteiger partial charge in [-0.05, 0) is 56.0 Å². The van der Waals surface area contributed by atoms with Gasteiger partial charge in [0.1, 0.15) is 0 Å². The summed E-state index contributed by atoms with van der Waals surface area (Å²) in [7, 11) is -3.75. The summed E-state index contributed by atoms with van der Waals surface area (Å²) >= 11 is 6.16. The van der Waals surface area contributed by atoms with Crippen molar-refractivity contribution in [2.24, 2.45) is 0 Å². The van der Waals surface area contributed by atoms with Crippen LogP contribution in [0.2, 0.25) is 5.02 Å². The van der Waals surface area contributed by atoms with E-state index in [-0.39, 0.29) is 49.0 Å². The Hall–Kier alpha value is -2.86. The highest BCUT2D eigenvalue weighted by atomic mass is 35.5. The number of halogens is 1. The number of sulfonamides is 1. The summed E-state index contributed by atoms with van der Waals surface area (Å²) in [5, 5.41) is 11.2. The lowest BCUT2D eigenvalue weighted by molar-refractivity contribution is -0.384. The molecule has 12 heteroatoms. The van der Waals surface area contributed by atoms with Crippen LogP contribution in [0.1, 0.15) is 28.7 Å². The second kappa shape index (κ2) is 9.55. The highest BCUT2D eigenvalue weighted by Gasteiger charge is 2.45. The van der Waals surface area contributed by atoms with Crippen LogP contribution in [-0.2, 0) is 19.6 Å². The van der Waals surface area contributed by atoms with Gasteiger partial charge in [-0.25, -0.2) is 13.3 Å². The molecule has 0 N–H and O–H groups in total. The third-order valence-corrected chi connectivity index (χ3v) is 9.61. The Balaban J connectivity index is 1.53. The number of piperazine rings is 1. The molecule has 0 unspecified atom stereocenters. The summed E-state index contributed by atoms with van der Waals surface area (Å²) in [6, 6.07) is 4.78. The first kappa shape index (κ1) is 26.2. The van der Waals surface area contributed by atoms with Gasteiger partial charge in [0.2, 0.25) is 15.9 Å². The van der Waals surface area contributed by atoms with Gasteiger partial charge in [0.25, 0.3) is 11.6 Å². The molecule has 2 heterocycles. The maximum Gasteiger partial charge on any atom is 0.271 e. The molecule has 2 fully saturated rings. The van der Waals surface area contributed by atoms with Crippen molar-refractivity contribution in [1.82, 2.24) is 9.21 Å². The highest BCUT2D eigenvalue weighted by Crippen LogP contribution is 2.35. The third kappa shape index (κ3) is 4.40. The molecule has 192 valence electrons. The van der Waals surface area contributed by atoms with Gasteiger partial charge in [-0.2, -0.15) is 4.31 Å². The Kier molecular flexibility index (Phi) is 6.95. The van der Waals surface area contributed by atoms with Gasteiger partial charge in [-0.15, -0.1) is 0 Å². The molecule has 36 heavy (non-hydrogen) atoms. The van der Waals surface area contributed by atoms with Crippen molar-refractivity contribution in [3.8, 4) is 0 Å². The number of non-ortho nitro benzene ring substituents is 1. The number of carbonyl (C=O) groups excluding carboxylic acids is 2. The zero-order valence-corrected chi connectivity index (χ0v) is 22.0. The number of rotatable bonds is 5. The van der Waals surface area contributed by atoms with Crippen LogP contribution in [0.25, 0.3) is 0 Å². The van der Waals surface area contributed by atoms with Crippen molar-refractivity contribution >= 4 is 44.8 Å². The number of nitrogens with zero attached hydrogens (tertiary/aromatic N) is 4. The van der Waals surface area contributed by atoms with Crippen molar-refractivity contribution in [1.29, 1.82) is 0 Å². The Morgan fingerprint density at radius 2 is 1.56 bits per heavy atom. The lowest BCUT2D eigenvalue weighted by Crippen LogP contribution is -2.53. The summed E-state index contributed by atoms with van der Waals surface area (Å²) in [6.45, 7) is 8.27. The predicted molar refractivity (Wildman–Crippen MR) is 135 cm³/mol. The van der Waals surface area contributed by atoms with E-state index in [0.29, 0.717) is 4.90 Å². The standard InChI is InChI=1S/C24H27ClN4O6S/c1-14-11-15(2)17(4)23(16(14)3)36(34,35)27-9-7-26(8-10-27)21-13-22(30)28(24(21)31)20-12-18(29(32)33)5-6-19(20)25/h5-6,11-12,21H,7-10,13H2,1-4H3/t21-/m1/s1. The average Bonchev–Trinajstić information content (AvgIpc) is 3.11. The molecule has 10 nitrogen and oxygen atoms in total. The summed E-state index contributed by atoms with van der Waals surface area (Å²) in [4.78, 5) is 39.5. The van der Waals surface area contributed by atoms with Crippen LogP contribution in [0.5, 0.6) is 0 Å². The summed E-state index contributed by atoms with van der Waals surface area (Å²) in [5.74, 6) is -1.04. The summed E-state index contributed by atoms with van der Waals surface area (Å²) in [5.41, 5.74) is 2.96. The smallest absolute Gasteiger partial charge is 0.271 e. The molecule has 2 amide bonds. The van der Waals surface area contributed by atoms with Crippen LogP contribution in [0.15, 0.2) is 29.2 Å². The molecule has 2 aliphatic heterocycles. The largest absolute Gasteiger partial charge is 0.289 e. The molecule has 0 bridgehead atoms. The van der Waals surface area contributed by atoms with Gasteiger partial charge >= 0.3 is 0 Å². The van der Waals surface area contributed by atoms with Gasteiger partial charge in [0, 0.05) is 38.3 Å². The Morgan fingerprint density at radius 3 is 2.11 bits per heavy atom. The normalized spacial score (nSPS) is 19.8. The van der Waals surface area contributed by atoms with Gasteiger partial charge in [-0.1, -0.05) is 17.7 Å². The molecule has 0 radical (unpaired) electrons. The van der Waals surface area contributed by atoms with E-state index in [1.165, 1.54) is 16.4 Å². The van der Waals surface area contributed by atoms with E-state index in [9.17, 15) is 28.1 Å². The first-order chi connectivity index (χ1) is 16.8. The molecule has 2 aliphatic rings. The molecule has 0 saturated carbocycles. The van der Waals surface area contributed by atoms with Crippen LogP contribution in [0, 0.1) is 37.8 Å². The number of amides is 2. The number of nitro groups is 1. The maximum absolute atomic E-state index is 13.5.